The number of carbonyl (C=O) groups excluding carboxylic acids is 1. The molecule has 0 bridgehead atoms. The fourth-order valence-electron chi connectivity index (χ4n) is 2.86. The summed E-state index contributed by atoms with van der Waals surface area (Å²) in [6.07, 6.45) is 3.87. The molecule has 2 unspecified atom stereocenters. The molecule has 1 aromatic carbocycles. The summed E-state index contributed by atoms with van der Waals surface area (Å²) in [4.78, 5) is 23.7. The Balaban J connectivity index is 1.66. The van der Waals surface area contributed by atoms with E-state index in [2.05, 4.69) is 29.5 Å². The quantitative estimate of drug-likeness (QED) is 0.884. The van der Waals surface area contributed by atoms with Gasteiger partial charge < -0.3 is 10.4 Å². The Bertz CT molecular complexity index is 794. The molecular formula is C18H21N3O3. The minimum Gasteiger partial charge on any atom is -0.479 e. The minimum absolute atomic E-state index is 0.0399. The number of carbonyl (C=O) groups is 2. The molecule has 6 heteroatoms. The van der Waals surface area contributed by atoms with Crippen molar-refractivity contribution in [3.63, 3.8) is 0 Å². The number of amides is 1. The second kappa shape index (κ2) is 5.78. The van der Waals surface area contributed by atoms with E-state index in [-0.39, 0.29) is 17.7 Å². The molecule has 1 aliphatic carbocycles. The third kappa shape index (κ3) is 2.91. The number of hydrogen-bond acceptors (Lipinski definition) is 3. The largest absolute Gasteiger partial charge is 0.479 e. The molecule has 6 nitrogen and oxygen atoms in total. The first kappa shape index (κ1) is 16.2. The molecular weight excluding hydrogens is 306 g/mol. The number of nitrogens with one attached hydrogen (secondary N) is 1. The van der Waals surface area contributed by atoms with Crippen molar-refractivity contribution in [3.05, 3.63) is 47.8 Å². The lowest BCUT2D eigenvalue weighted by Crippen LogP contribution is -2.35. The van der Waals surface area contributed by atoms with E-state index in [1.54, 1.807) is 20.0 Å². The summed E-state index contributed by atoms with van der Waals surface area (Å²) in [7, 11) is 0. The van der Waals surface area contributed by atoms with Crippen LogP contribution in [0.3, 0.4) is 0 Å². The molecule has 2 N–H and O–H groups in total. The molecule has 0 saturated heterocycles. The van der Waals surface area contributed by atoms with Crippen LogP contribution in [0, 0.1) is 12.8 Å². The van der Waals surface area contributed by atoms with Crippen molar-refractivity contribution in [3.8, 4) is 0 Å². The molecule has 1 aliphatic rings. The van der Waals surface area contributed by atoms with E-state index < -0.39 is 11.5 Å². The van der Waals surface area contributed by atoms with E-state index in [1.165, 1.54) is 22.0 Å². The van der Waals surface area contributed by atoms with Gasteiger partial charge in [0.2, 0.25) is 5.91 Å². The van der Waals surface area contributed by atoms with Gasteiger partial charge in [-0.2, -0.15) is 5.10 Å². The van der Waals surface area contributed by atoms with Crippen LogP contribution in [0.15, 0.2) is 36.7 Å². The minimum atomic E-state index is -1.16. The maximum atomic E-state index is 12.4. The van der Waals surface area contributed by atoms with E-state index in [4.69, 9.17) is 0 Å². The molecule has 0 spiro atoms. The van der Waals surface area contributed by atoms with Crippen molar-refractivity contribution in [2.75, 3.05) is 5.32 Å². The average Bonchev–Trinajstić information content (AvgIpc) is 3.18. The van der Waals surface area contributed by atoms with Crippen molar-refractivity contribution in [1.29, 1.82) is 0 Å². The molecule has 126 valence electrons. The van der Waals surface area contributed by atoms with Crippen LogP contribution in [-0.4, -0.2) is 26.8 Å². The number of carboxylic acids is 1. The van der Waals surface area contributed by atoms with Crippen LogP contribution in [-0.2, 0) is 15.1 Å². The SMILES string of the molecule is Cc1ccccc1C1CC1C(=O)Nc1cnn(C(C)(C)C(=O)O)c1. The van der Waals surface area contributed by atoms with Crippen molar-refractivity contribution in [1.82, 2.24) is 9.78 Å². The number of nitrogens with zero attached hydrogens (tertiary/aromatic N) is 2. The summed E-state index contributed by atoms with van der Waals surface area (Å²) >= 11 is 0. The molecule has 3 rings (SSSR count). The second-order valence-electron chi connectivity index (χ2n) is 6.83. The average molecular weight is 327 g/mol. The van der Waals surface area contributed by atoms with Gasteiger partial charge in [0, 0.05) is 12.1 Å². The highest BCUT2D eigenvalue weighted by molar-refractivity contribution is 5.95. The van der Waals surface area contributed by atoms with Gasteiger partial charge in [0.15, 0.2) is 5.54 Å². The Morgan fingerprint density at radius 2 is 2.04 bits per heavy atom. The molecule has 0 aliphatic heterocycles. The van der Waals surface area contributed by atoms with Gasteiger partial charge in [0.05, 0.1) is 11.9 Å². The van der Waals surface area contributed by atoms with E-state index in [1.807, 2.05) is 12.1 Å². The number of aromatic nitrogens is 2. The maximum absolute atomic E-state index is 12.4. The van der Waals surface area contributed by atoms with Crippen LogP contribution < -0.4 is 5.32 Å². The summed E-state index contributed by atoms with van der Waals surface area (Å²) in [5, 5.41) is 16.1. The smallest absolute Gasteiger partial charge is 0.331 e. The molecule has 1 fully saturated rings. The van der Waals surface area contributed by atoms with Gasteiger partial charge in [-0.05, 0) is 44.2 Å². The normalized spacial score (nSPS) is 19.8. The zero-order valence-electron chi connectivity index (χ0n) is 14.0. The molecule has 2 atom stereocenters. The highest BCUT2D eigenvalue weighted by Crippen LogP contribution is 2.48. The predicted octanol–water partition coefficient (Wildman–Crippen LogP) is 2.75. The molecule has 1 amide bonds. The third-order valence-electron chi connectivity index (χ3n) is 4.66. The highest BCUT2D eigenvalue weighted by atomic mass is 16.4. The molecule has 24 heavy (non-hydrogen) atoms. The third-order valence-corrected chi connectivity index (χ3v) is 4.66. The first-order chi connectivity index (χ1) is 11.3. The summed E-state index contributed by atoms with van der Waals surface area (Å²) in [6.45, 7) is 5.17. The fourth-order valence-corrected chi connectivity index (χ4v) is 2.86. The molecule has 2 aromatic rings. The maximum Gasteiger partial charge on any atom is 0.331 e. The van der Waals surface area contributed by atoms with Gasteiger partial charge in [-0.3, -0.25) is 9.48 Å². The van der Waals surface area contributed by atoms with Crippen LogP contribution in [0.1, 0.15) is 37.3 Å². The number of anilines is 1. The summed E-state index contributed by atoms with van der Waals surface area (Å²) in [5.74, 6) is -0.806. The molecule has 1 saturated carbocycles. The van der Waals surface area contributed by atoms with Gasteiger partial charge in [-0.15, -0.1) is 0 Å². The Morgan fingerprint density at radius 1 is 1.33 bits per heavy atom. The summed E-state index contributed by atoms with van der Waals surface area (Å²) in [6, 6.07) is 8.11. The highest BCUT2D eigenvalue weighted by Gasteiger charge is 2.44. The second-order valence-corrected chi connectivity index (χ2v) is 6.83. The Kier molecular flexibility index (Phi) is 3.91. The van der Waals surface area contributed by atoms with Crippen LogP contribution >= 0.6 is 0 Å². The predicted molar refractivity (Wildman–Crippen MR) is 89.8 cm³/mol. The first-order valence-electron chi connectivity index (χ1n) is 7.95. The van der Waals surface area contributed by atoms with Crippen molar-refractivity contribution in [2.45, 2.75) is 38.6 Å². The van der Waals surface area contributed by atoms with Crippen LogP contribution in [0.4, 0.5) is 5.69 Å². The van der Waals surface area contributed by atoms with E-state index in [0.29, 0.717) is 5.69 Å². The lowest BCUT2D eigenvalue weighted by atomic mass is 10.0. The number of aliphatic carboxylic acids is 1. The zero-order chi connectivity index (χ0) is 17.5. The van der Waals surface area contributed by atoms with Crippen LogP contribution in [0.25, 0.3) is 0 Å². The van der Waals surface area contributed by atoms with Crippen molar-refractivity contribution < 1.29 is 14.7 Å². The van der Waals surface area contributed by atoms with Gasteiger partial charge in [-0.25, -0.2) is 4.79 Å². The van der Waals surface area contributed by atoms with Crippen LogP contribution in [0.5, 0.6) is 0 Å². The summed E-state index contributed by atoms with van der Waals surface area (Å²) in [5.41, 5.74) is 1.78. The van der Waals surface area contributed by atoms with Crippen molar-refractivity contribution >= 4 is 17.6 Å². The number of benzene rings is 1. The van der Waals surface area contributed by atoms with E-state index in [9.17, 15) is 14.7 Å². The monoisotopic (exact) mass is 327 g/mol. The number of aryl methyl sites for hydroxylation is 1. The number of carboxylic acid groups (broad SMARTS) is 1. The first-order valence-corrected chi connectivity index (χ1v) is 7.95. The van der Waals surface area contributed by atoms with Gasteiger partial charge in [0.1, 0.15) is 0 Å². The summed E-state index contributed by atoms with van der Waals surface area (Å²) < 4.78 is 1.34. The Morgan fingerprint density at radius 3 is 2.71 bits per heavy atom. The molecule has 1 aromatic heterocycles. The molecule has 1 heterocycles. The van der Waals surface area contributed by atoms with Crippen molar-refractivity contribution in [2.24, 2.45) is 5.92 Å². The lowest BCUT2D eigenvalue weighted by Gasteiger charge is -2.19. The van der Waals surface area contributed by atoms with E-state index in [0.717, 1.165) is 6.42 Å². The fraction of sp³-hybridized carbons (Fsp3) is 0.389. The topological polar surface area (TPSA) is 84.2 Å². The van der Waals surface area contributed by atoms with Gasteiger partial charge >= 0.3 is 5.97 Å². The molecule has 0 radical (unpaired) electrons. The lowest BCUT2D eigenvalue weighted by molar-refractivity contribution is -0.146. The Labute approximate surface area is 140 Å². The van der Waals surface area contributed by atoms with Gasteiger partial charge in [-0.1, -0.05) is 24.3 Å². The van der Waals surface area contributed by atoms with E-state index >= 15 is 0 Å². The number of hydrogen-bond donors (Lipinski definition) is 2. The zero-order valence-corrected chi connectivity index (χ0v) is 14.0. The van der Waals surface area contributed by atoms with Crippen LogP contribution in [0.2, 0.25) is 0 Å². The standard InChI is InChI=1S/C18H21N3O3/c1-11-6-4-5-7-13(11)14-8-15(14)16(22)20-12-9-19-21(10-12)18(2,3)17(23)24/h4-7,9-10,14-15H,8H2,1-3H3,(H,20,22)(H,23,24). The van der Waals surface area contributed by atoms with Gasteiger partial charge in [0.25, 0.3) is 0 Å². The Hall–Kier alpha value is -2.63. The number of rotatable bonds is 5.